The lowest BCUT2D eigenvalue weighted by Gasteiger charge is -2.08. The van der Waals surface area contributed by atoms with E-state index in [1.165, 1.54) is 24.4 Å². The number of nitrogens with zero attached hydrogens (tertiary/aromatic N) is 2. The molecule has 0 spiro atoms. The molecule has 1 aliphatic heterocycles. The Bertz CT molecular complexity index is 323. The Morgan fingerprint density at radius 3 is 2.92 bits per heavy atom. The zero-order valence-electron chi connectivity index (χ0n) is 8.27. The Balaban J connectivity index is 2.18. The SMILES string of the molecule is CCC(CC)[N+]1=Cc2cncp2C1. The third-order valence-electron chi connectivity index (χ3n) is 2.77. The first-order chi connectivity index (χ1) is 6.35. The summed E-state index contributed by atoms with van der Waals surface area (Å²) in [5, 5.41) is 1.46. The van der Waals surface area contributed by atoms with Crippen molar-refractivity contribution in [3.63, 3.8) is 0 Å². The van der Waals surface area contributed by atoms with E-state index in [1.54, 1.807) is 0 Å². The van der Waals surface area contributed by atoms with Gasteiger partial charge in [0.2, 0.25) is 0 Å². The molecule has 0 saturated carbocycles. The van der Waals surface area contributed by atoms with Crippen molar-refractivity contribution < 1.29 is 4.58 Å². The summed E-state index contributed by atoms with van der Waals surface area (Å²) in [4.78, 5) is 4.20. The third-order valence-corrected chi connectivity index (χ3v) is 4.71. The molecular formula is C10H16N2P+. The molecular weight excluding hydrogens is 179 g/mol. The Labute approximate surface area is 80.4 Å². The third kappa shape index (κ3) is 1.55. The molecule has 13 heavy (non-hydrogen) atoms. The topological polar surface area (TPSA) is 15.9 Å². The van der Waals surface area contributed by atoms with Crippen molar-refractivity contribution in [2.24, 2.45) is 0 Å². The summed E-state index contributed by atoms with van der Waals surface area (Å²) in [6.45, 7) is 4.54. The molecule has 0 amide bonds. The first kappa shape index (κ1) is 8.96. The van der Waals surface area contributed by atoms with Crippen molar-refractivity contribution in [3.8, 4) is 0 Å². The van der Waals surface area contributed by atoms with Crippen LogP contribution in [-0.2, 0) is 6.29 Å². The van der Waals surface area contributed by atoms with Gasteiger partial charge in [-0.2, -0.15) is 0 Å². The van der Waals surface area contributed by atoms with Crippen LogP contribution in [0.5, 0.6) is 0 Å². The minimum Gasteiger partial charge on any atom is -0.259 e. The van der Waals surface area contributed by atoms with Crippen LogP contribution in [0.15, 0.2) is 12.1 Å². The number of aromatic nitrogens is 1. The van der Waals surface area contributed by atoms with Gasteiger partial charge in [-0.1, -0.05) is 13.8 Å². The number of fused-ring (bicyclic) bond motifs is 1. The highest BCUT2D eigenvalue weighted by Gasteiger charge is 2.24. The van der Waals surface area contributed by atoms with Gasteiger partial charge in [0, 0.05) is 19.0 Å². The van der Waals surface area contributed by atoms with E-state index in [-0.39, 0.29) is 7.53 Å². The number of rotatable bonds is 3. The summed E-state index contributed by atoms with van der Waals surface area (Å²) >= 11 is 0. The average molecular weight is 195 g/mol. The van der Waals surface area contributed by atoms with Crippen molar-refractivity contribution in [2.45, 2.75) is 39.0 Å². The number of hydrogen-bond acceptors (Lipinski definition) is 1. The van der Waals surface area contributed by atoms with Gasteiger partial charge in [-0.15, -0.1) is 0 Å². The van der Waals surface area contributed by atoms with Crippen LogP contribution in [0.4, 0.5) is 0 Å². The molecule has 1 aromatic rings. The van der Waals surface area contributed by atoms with Gasteiger partial charge < -0.3 is 0 Å². The lowest BCUT2D eigenvalue weighted by Crippen LogP contribution is -2.21. The molecule has 2 rings (SSSR count). The molecule has 1 aliphatic rings. The van der Waals surface area contributed by atoms with Gasteiger partial charge in [0.05, 0.1) is 11.2 Å². The quantitative estimate of drug-likeness (QED) is 0.677. The van der Waals surface area contributed by atoms with E-state index >= 15 is 0 Å². The van der Waals surface area contributed by atoms with Crippen LogP contribution in [0.1, 0.15) is 32.0 Å². The van der Waals surface area contributed by atoms with Gasteiger partial charge >= 0.3 is 0 Å². The molecule has 1 unspecified atom stereocenters. The molecule has 0 saturated heterocycles. The predicted octanol–water partition coefficient (Wildman–Crippen LogP) is 2.66. The van der Waals surface area contributed by atoms with Gasteiger partial charge in [-0.05, 0) is 7.53 Å². The summed E-state index contributed by atoms with van der Waals surface area (Å²) < 4.78 is 2.50. The predicted molar refractivity (Wildman–Crippen MR) is 56.7 cm³/mol. The minimum absolute atomic E-state index is 0.0364. The molecule has 0 fully saturated rings. The number of hydrogen-bond donors (Lipinski definition) is 0. The first-order valence-electron chi connectivity index (χ1n) is 4.96. The summed E-state index contributed by atoms with van der Waals surface area (Å²) in [5.41, 5.74) is 0. The average Bonchev–Trinajstić information content (AvgIpc) is 2.65. The van der Waals surface area contributed by atoms with E-state index in [0.717, 1.165) is 6.04 Å². The molecule has 0 aliphatic carbocycles. The Hall–Kier alpha value is -0.620. The van der Waals surface area contributed by atoms with Gasteiger partial charge in [-0.3, -0.25) is 4.98 Å². The summed E-state index contributed by atoms with van der Waals surface area (Å²) in [7, 11) is -0.0364. The normalized spacial score (nSPS) is 16.2. The van der Waals surface area contributed by atoms with Gasteiger partial charge in [0.25, 0.3) is 0 Å². The van der Waals surface area contributed by atoms with E-state index in [1.807, 2.05) is 6.20 Å². The van der Waals surface area contributed by atoms with Gasteiger partial charge in [0.1, 0.15) is 0 Å². The highest BCUT2D eigenvalue weighted by Crippen LogP contribution is 2.36. The molecule has 0 aromatic carbocycles. The lowest BCUT2D eigenvalue weighted by molar-refractivity contribution is -0.564. The molecule has 3 heteroatoms. The van der Waals surface area contributed by atoms with E-state index in [4.69, 9.17) is 0 Å². The summed E-state index contributed by atoms with van der Waals surface area (Å²) in [6.07, 6.45) is 8.04. The Kier molecular flexibility index (Phi) is 2.50. The van der Waals surface area contributed by atoms with Crippen LogP contribution in [0, 0.1) is 0 Å². The fourth-order valence-electron chi connectivity index (χ4n) is 1.92. The van der Waals surface area contributed by atoms with Crippen molar-refractivity contribution in [1.82, 2.24) is 4.98 Å². The van der Waals surface area contributed by atoms with E-state index in [9.17, 15) is 0 Å². The highest BCUT2D eigenvalue weighted by molar-refractivity contribution is 7.50. The van der Waals surface area contributed by atoms with Crippen molar-refractivity contribution in [3.05, 3.63) is 17.4 Å². The van der Waals surface area contributed by atoms with Crippen LogP contribution >= 0.6 is 7.53 Å². The maximum Gasteiger partial charge on any atom is 0.181 e. The second kappa shape index (κ2) is 3.63. The summed E-state index contributed by atoms with van der Waals surface area (Å²) in [5.74, 6) is 2.13. The Morgan fingerprint density at radius 2 is 2.31 bits per heavy atom. The van der Waals surface area contributed by atoms with Crippen LogP contribution in [0.25, 0.3) is 0 Å². The smallest absolute Gasteiger partial charge is 0.181 e. The largest absolute Gasteiger partial charge is 0.259 e. The Morgan fingerprint density at radius 1 is 1.54 bits per heavy atom. The first-order valence-corrected chi connectivity index (χ1v) is 6.55. The second-order valence-corrected chi connectivity index (χ2v) is 5.51. The molecule has 1 aromatic heterocycles. The molecule has 1 atom stereocenters. The fraction of sp³-hybridized carbons (Fsp3) is 0.600. The van der Waals surface area contributed by atoms with Crippen LogP contribution in [0.3, 0.4) is 0 Å². The standard InChI is InChI=1S/C10H16N2P/c1-3-9(4-2)12-6-10-5-11-7-13(10)8-12/h5-7,9H,3-4,8H2,1-2H3/q+1. The molecule has 0 N–H and O–H groups in total. The lowest BCUT2D eigenvalue weighted by atomic mass is 10.2. The zero-order chi connectivity index (χ0) is 9.26. The summed E-state index contributed by atoms with van der Waals surface area (Å²) in [6, 6.07) is 0.738. The van der Waals surface area contributed by atoms with Crippen LogP contribution in [-0.4, -0.2) is 21.8 Å². The zero-order valence-corrected chi connectivity index (χ0v) is 9.17. The minimum atomic E-state index is -0.0364. The van der Waals surface area contributed by atoms with Crippen LogP contribution in [0.2, 0.25) is 0 Å². The van der Waals surface area contributed by atoms with Crippen molar-refractivity contribution in [2.75, 3.05) is 0 Å². The molecule has 0 radical (unpaired) electrons. The molecule has 2 nitrogen and oxygen atoms in total. The maximum atomic E-state index is 4.20. The van der Waals surface area contributed by atoms with Crippen LogP contribution < -0.4 is 0 Å². The molecule has 0 bridgehead atoms. The molecule has 2 heterocycles. The van der Waals surface area contributed by atoms with E-state index in [2.05, 4.69) is 35.6 Å². The highest BCUT2D eigenvalue weighted by atomic mass is 31.1. The van der Waals surface area contributed by atoms with E-state index in [0.29, 0.717) is 0 Å². The second-order valence-electron chi connectivity index (χ2n) is 3.54. The van der Waals surface area contributed by atoms with Crippen molar-refractivity contribution in [1.29, 1.82) is 0 Å². The van der Waals surface area contributed by atoms with Gasteiger partial charge in [0.15, 0.2) is 18.5 Å². The molecule has 70 valence electrons. The maximum absolute atomic E-state index is 4.20. The van der Waals surface area contributed by atoms with E-state index < -0.39 is 0 Å². The monoisotopic (exact) mass is 195 g/mol. The van der Waals surface area contributed by atoms with Crippen molar-refractivity contribution >= 4 is 13.7 Å². The fourth-order valence-corrected chi connectivity index (χ4v) is 3.70. The van der Waals surface area contributed by atoms with Gasteiger partial charge in [-0.25, -0.2) is 4.58 Å².